The van der Waals surface area contributed by atoms with E-state index in [1.165, 1.54) is 6.42 Å². The minimum Gasteiger partial charge on any atom is -0.478 e. The lowest BCUT2D eigenvalue weighted by Gasteiger charge is -2.30. The summed E-state index contributed by atoms with van der Waals surface area (Å²) >= 11 is 0. The lowest BCUT2D eigenvalue weighted by atomic mass is 9.90. The highest BCUT2D eigenvalue weighted by atomic mass is 16.4. The molecule has 1 aromatic carbocycles. The molecule has 1 saturated heterocycles. The molecule has 0 radical (unpaired) electrons. The summed E-state index contributed by atoms with van der Waals surface area (Å²) in [5, 5.41) is 8.95. The Morgan fingerprint density at radius 1 is 1.50 bits per heavy atom. The summed E-state index contributed by atoms with van der Waals surface area (Å²) in [5.74, 6) is -0.357. The third kappa shape index (κ3) is 2.42. The zero-order valence-corrected chi connectivity index (χ0v) is 9.52. The van der Waals surface area contributed by atoms with Crippen molar-refractivity contribution in [1.29, 1.82) is 0 Å². The molecule has 1 aliphatic heterocycles. The van der Waals surface area contributed by atoms with Crippen LogP contribution in [-0.2, 0) is 0 Å². The Morgan fingerprint density at radius 2 is 2.31 bits per heavy atom. The Bertz CT molecular complexity index is 389. The zero-order chi connectivity index (χ0) is 11.5. The molecule has 0 spiro atoms. The van der Waals surface area contributed by atoms with Crippen molar-refractivity contribution in [2.75, 3.05) is 20.1 Å². The third-order valence-corrected chi connectivity index (χ3v) is 3.23. The number of likely N-dealkylation sites (N-methyl/N-ethyl adjacent to an activating group) is 1. The minimum atomic E-state index is -0.842. The van der Waals surface area contributed by atoms with Crippen LogP contribution in [0, 0.1) is 0 Å². The molecular weight excluding hydrogens is 202 g/mol. The minimum absolute atomic E-state index is 0.394. The first-order valence-corrected chi connectivity index (χ1v) is 5.68. The van der Waals surface area contributed by atoms with Crippen molar-refractivity contribution in [2.45, 2.75) is 18.8 Å². The lowest BCUT2D eigenvalue weighted by molar-refractivity contribution is 0.0696. The molecule has 1 heterocycles. The molecular formula is C13H17NO2. The van der Waals surface area contributed by atoms with Gasteiger partial charge in [0.05, 0.1) is 5.56 Å². The molecule has 1 fully saturated rings. The summed E-state index contributed by atoms with van der Waals surface area (Å²) in [6.45, 7) is 2.18. The number of carboxylic acids is 1. The van der Waals surface area contributed by atoms with Crippen molar-refractivity contribution >= 4 is 5.97 Å². The van der Waals surface area contributed by atoms with Crippen LogP contribution in [0.2, 0.25) is 0 Å². The van der Waals surface area contributed by atoms with E-state index >= 15 is 0 Å². The molecule has 2 rings (SSSR count). The predicted octanol–water partition coefficient (Wildman–Crippen LogP) is 2.19. The van der Waals surface area contributed by atoms with Crippen LogP contribution in [0.4, 0.5) is 0 Å². The average Bonchev–Trinajstić information content (AvgIpc) is 2.29. The second kappa shape index (κ2) is 4.66. The van der Waals surface area contributed by atoms with Gasteiger partial charge in [0.2, 0.25) is 0 Å². The fourth-order valence-corrected chi connectivity index (χ4v) is 2.36. The van der Waals surface area contributed by atoms with Crippen molar-refractivity contribution in [1.82, 2.24) is 4.90 Å². The SMILES string of the molecule is CN1CCC[C@H](c2cccc(C(=O)O)c2)C1. The van der Waals surface area contributed by atoms with Crippen LogP contribution in [0.25, 0.3) is 0 Å². The zero-order valence-electron chi connectivity index (χ0n) is 9.52. The largest absolute Gasteiger partial charge is 0.478 e. The highest BCUT2D eigenvalue weighted by Gasteiger charge is 2.19. The van der Waals surface area contributed by atoms with E-state index in [1.54, 1.807) is 6.07 Å². The first kappa shape index (κ1) is 11.1. The van der Waals surface area contributed by atoms with Crippen LogP contribution < -0.4 is 0 Å². The maximum Gasteiger partial charge on any atom is 0.335 e. The Hall–Kier alpha value is -1.35. The van der Waals surface area contributed by atoms with E-state index in [0.29, 0.717) is 11.5 Å². The van der Waals surface area contributed by atoms with Crippen LogP contribution in [-0.4, -0.2) is 36.1 Å². The molecule has 3 heteroatoms. The van der Waals surface area contributed by atoms with Gasteiger partial charge in [-0.25, -0.2) is 4.79 Å². The standard InChI is InChI=1S/C13H17NO2/c1-14-7-3-6-12(9-14)10-4-2-5-11(8-10)13(15)16/h2,4-5,8,12H,3,6-7,9H2,1H3,(H,15,16)/t12-/m0/s1. The molecule has 0 bridgehead atoms. The van der Waals surface area contributed by atoms with Gasteiger partial charge in [-0.15, -0.1) is 0 Å². The van der Waals surface area contributed by atoms with Crippen molar-refractivity contribution in [3.05, 3.63) is 35.4 Å². The molecule has 1 N–H and O–H groups in total. The fraction of sp³-hybridized carbons (Fsp3) is 0.462. The number of carboxylic acid groups (broad SMARTS) is 1. The Balaban J connectivity index is 2.19. The highest BCUT2D eigenvalue weighted by Crippen LogP contribution is 2.26. The van der Waals surface area contributed by atoms with E-state index in [1.807, 2.05) is 18.2 Å². The molecule has 1 atom stereocenters. The van der Waals surface area contributed by atoms with Gasteiger partial charge in [0, 0.05) is 6.54 Å². The number of aromatic carboxylic acids is 1. The average molecular weight is 219 g/mol. The van der Waals surface area contributed by atoms with Gasteiger partial charge < -0.3 is 10.0 Å². The normalized spacial score (nSPS) is 21.9. The quantitative estimate of drug-likeness (QED) is 0.829. The molecule has 1 aromatic rings. The first-order chi connectivity index (χ1) is 7.66. The van der Waals surface area contributed by atoms with E-state index < -0.39 is 5.97 Å². The predicted molar refractivity (Wildman–Crippen MR) is 62.9 cm³/mol. The number of likely N-dealkylation sites (tertiary alicyclic amines) is 1. The summed E-state index contributed by atoms with van der Waals surface area (Å²) < 4.78 is 0. The maximum atomic E-state index is 10.9. The van der Waals surface area contributed by atoms with E-state index in [0.717, 1.165) is 25.1 Å². The summed E-state index contributed by atoms with van der Waals surface area (Å²) in [4.78, 5) is 13.2. The Labute approximate surface area is 95.7 Å². The second-order valence-corrected chi connectivity index (χ2v) is 4.53. The van der Waals surface area contributed by atoms with Crippen LogP contribution in [0.3, 0.4) is 0 Å². The second-order valence-electron chi connectivity index (χ2n) is 4.53. The van der Waals surface area contributed by atoms with Gasteiger partial charge in [0.15, 0.2) is 0 Å². The molecule has 0 unspecified atom stereocenters. The van der Waals surface area contributed by atoms with Crippen LogP contribution in [0.1, 0.15) is 34.7 Å². The van der Waals surface area contributed by atoms with Crippen LogP contribution in [0.15, 0.2) is 24.3 Å². The van der Waals surface area contributed by atoms with Gasteiger partial charge in [-0.3, -0.25) is 0 Å². The maximum absolute atomic E-state index is 10.9. The summed E-state index contributed by atoms with van der Waals surface area (Å²) in [7, 11) is 2.12. The molecule has 16 heavy (non-hydrogen) atoms. The van der Waals surface area contributed by atoms with Gasteiger partial charge in [0.25, 0.3) is 0 Å². The van der Waals surface area contributed by atoms with Crippen molar-refractivity contribution in [3.63, 3.8) is 0 Å². The van der Waals surface area contributed by atoms with E-state index in [9.17, 15) is 4.79 Å². The smallest absolute Gasteiger partial charge is 0.335 e. The topological polar surface area (TPSA) is 40.5 Å². The van der Waals surface area contributed by atoms with Crippen molar-refractivity contribution in [2.24, 2.45) is 0 Å². The molecule has 0 amide bonds. The Morgan fingerprint density at radius 3 is 3.00 bits per heavy atom. The molecule has 0 aliphatic carbocycles. The molecule has 1 aliphatic rings. The van der Waals surface area contributed by atoms with Gasteiger partial charge >= 0.3 is 5.97 Å². The summed E-state index contributed by atoms with van der Waals surface area (Å²) in [6.07, 6.45) is 2.35. The van der Waals surface area contributed by atoms with Crippen LogP contribution >= 0.6 is 0 Å². The van der Waals surface area contributed by atoms with E-state index in [2.05, 4.69) is 11.9 Å². The van der Waals surface area contributed by atoms with E-state index in [-0.39, 0.29) is 0 Å². The lowest BCUT2D eigenvalue weighted by Crippen LogP contribution is -2.30. The van der Waals surface area contributed by atoms with Gasteiger partial charge in [0.1, 0.15) is 0 Å². The number of piperidine rings is 1. The van der Waals surface area contributed by atoms with Crippen molar-refractivity contribution in [3.8, 4) is 0 Å². The fourth-order valence-electron chi connectivity index (χ4n) is 2.36. The van der Waals surface area contributed by atoms with E-state index in [4.69, 9.17) is 5.11 Å². The summed E-state index contributed by atoms with van der Waals surface area (Å²) in [5.41, 5.74) is 1.55. The number of hydrogen-bond acceptors (Lipinski definition) is 2. The first-order valence-electron chi connectivity index (χ1n) is 5.68. The molecule has 86 valence electrons. The molecule has 0 aromatic heterocycles. The number of rotatable bonds is 2. The highest BCUT2D eigenvalue weighted by molar-refractivity contribution is 5.87. The third-order valence-electron chi connectivity index (χ3n) is 3.23. The van der Waals surface area contributed by atoms with Gasteiger partial charge in [-0.1, -0.05) is 12.1 Å². The van der Waals surface area contributed by atoms with Crippen LogP contribution in [0.5, 0.6) is 0 Å². The van der Waals surface area contributed by atoms with Gasteiger partial charge in [-0.2, -0.15) is 0 Å². The number of carbonyl (C=O) groups is 1. The van der Waals surface area contributed by atoms with Crippen molar-refractivity contribution < 1.29 is 9.90 Å². The monoisotopic (exact) mass is 219 g/mol. The number of hydrogen-bond donors (Lipinski definition) is 1. The number of nitrogens with zero attached hydrogens (tertiary/aromatic N) is 1. The number of benzene rings is 1. The Kier molecular flexibility index (Phi) is 3.25. The van der Waals surface area contributed by atoms with Gasteiger partial charge in [-0.05, 0) is 50.0 Å². The molecule has 0 saturated carbocycles. The molecule has 3 nitrogen and oxygen atoms in total. The summed E-state index contributed by atoms with van der Waals surface area (Å²) in [6, 6.07) is 7.34.